The maximum atomic E-state index is 12.5. The first-order valence-corrected chi connectivity index (χ1v) is 7.85. The van der Waals surface area contributed by atoms with Gasteiger partial charge in [0, 0.05) is 32.7 Å². The fraction of sp³-hybridized carbons (Fsp3) is 0.529. The molecule has 2 aliphatic rings. The molecule has 2 amide bonds. The Labute approximate surface area is 131 Å². The minimum absolute atomic E-state index is 0.0146. The predicted molar refractivity (Wildman–Crippen MR) is 84.1 cm³/mol. The van der Waals surface area contributed by atoms with Gasteiger partial charge >= 0.3 is 0 Å². The van der Waals surface area contributed by atoms with Gasteiger partial charge in [0.05, 0.1) is 12.5 Å². The highest BCUT2D eigenvalue weighted by atomic mass is 16.2. The first-order valence-electron chi connectivity index (χ1n) is 7.85. The summed E-state index contributed by atoms with van der Waals surface area (Å²) in [6.45, 7) is 4.73. The summed E-state index contributed by atoms with van der Waals surface area (Å²) >= 11 is 0. The molecule has 0 radical (unpaired) electrons. The Morgan fingerprint density at radius 1 is 1.23 bits per heavy atom. The average Bonchev–Trinajstić information content (AvgIpc) is 2.59. The Bertz CT molecular complexity index is 570. The number of carbonyl (C=O) groups is 2. The summed E-state index contributed by atoms with van der Waals surface area (Å²) in [6, 6.07) is 8.51. The Morgan fingerprint density at radius 2 is 1.95 bits per heavy atom. The highest BCUT2D eigenvalue weighted by molar-refractivity contribution is 5.89. The zero-order valence-electron chi connectivity index (χ0n) is 13.2. The summed E-state index contributed by atoms with van der Waals surface area (Å²) in [5.74, 6) is -0.0945. The van der Waals surface area contributed by atoms with Crippen LogP contribution in [0.1, 0.15) is 17.5 Å². The quantitative estimate of drug-likeness (QED) is 0.878. The van der Waals surface area contributed by atoms with Crippen LogP contribution in [0.25, 0.3) is 0 Å². The van der Waals surface area contributed by atoms with Crippen molar-refractivity contribution in [1.29, 1.82) is 0 Å². The van der Waals surface area contributed by atoms with Gasteiger partial charge in [0.1, 0.15) is 0 Å². The average molecular weight is 301 g/mol. The number of aryl methyl sites for hydroxylation is 1. The van der Waals surface area contributed by atoms with Crippen LogP contribution in [0.5, 0.6) is 0 Å². The lowest BCUT2D eigenvalue weighted by molar-refractivity contribution is -0.136. The monoisotopic (exact) mass is 301 g/mol. The highest BCUT2D eigenvalue weighted by Gasteiger charge is 2.39. The molecule has 2 saturated heterocycles. The number of nitrogens with one attached hydrogen (secondary N) is 1. The van der Waals surface area contributed by atoms with E-state index in [4.69, 9.17) is 0 Å². The molecule has 0 spiro atoms. The third-order valence-electron chi connectivity index (χ3n) is 4.64. The molecule has 0 aliphatic carbocycles. The Kier molecular flexibility index (Phi) is 4.16. The SMILES string of the molecule is Cc1ccc(CN2CC[C@H]3NC(=O)CN(C)C(=O)[C@H]3C2)cc1. The molecule has 5 heteroatoms. The van der Waals surface area contributed by atoms with Gasteiger partial charge in [-0.2, -0.15) is 0 Å². The van der Waals surface area contributed by atoms with Crippen LogP contribution in [0.4, 0.5) is 0 Å². The minimum Gasteiger partial charge on any atom is -0.351 e. The molecule has 3 rings (SSSR count). The Balaban J connectivity index is 1.69. The maximum Gasteiger partial charge on any atom is 0.239 e. The Hall–Kier alpha value is -1.88. The van der Waals surface area contributed by atoms with Crippen molar-refractivity contribution in [2.45, 2.75) is 25.9 Å². The van der Waals surface area contributed by atoms with Crippen molar-refractivity contribution in [2.24, 2.45) is 5.92 Å². The summed E-state index contributed by atoms with van der Waals surface area (Å²) in [6.07, 6.45) is 0.835. The Morgan fingerprint density at radius 3 is 2.68 bits per heavy atom. The lowest BCUT2D eigenvalue weighted by Gasteiger charge is -2.37. The van der Waals surface area contributed by atoms with Gasteiger partial charge in [-0.3, -0.25) is 14.5 Å². The fourth-order valence-corrected chi connectivity index (χ4v) is 3.37. The third kappa shape index (κ3) is 3.14. The number of hydrogen-bond donors (Lipinski definition) is 1. The molecule has 0 bridgehead atoms. The predicted octanol–water partition coefficient (Wildman–Crippen LogP) is 0.774. The lowest BCUT2D eigenvalue weighted by Crippen LogP contribution is -2.52. The van der Waals surface area contributed by atoms with Gasteiger partial charge in [-0.25, -0.2) is 0 Å². The van der Waals surface area contributed by atoms with Gasteiger partial charge in [-0.1, -0.05) is 29.8 Å². The summed E-state index contributed by atoms with van der Waals surface area (Å²) < 4.78 is 0. The summed E-state index contributed by atoms with van der Waals surface area (Å²) in [5, 5.41) is 3.01. The molecule has 1 aromatic carbocycles. The minimum atomic E-state index is -0.129. The van der Waals surface area contributed by atoms with Crippen LogP contribution in [0.2, 0.25) is 0 Å². The van der Waals surface area contributed by atoms with E-state index >= 15 is 0 Å². The van der Waals surface area contributed by atoms with Crippen LogP contribution < -0.4 is 5.32 Å². The number of carbonyl (C=O) groups excluding carboxylic acids is 2. The number of hydrogen-bond acceptors (Lipinski definition) is 3. The molecule has 2 aliphatic heterocycles. The van der Waals surface area contributed by atoms with Crippen molar-refractivity contribution in [3.8, 4) is 0 Å². The fourth-order valence-electron chi connectivity index (χ4n) is 3.37. The molecule has 1 aromatic rings. The summed E-state index contributed by atoms with van der Waals surface area (Å²) in [7, 11) is 1.71. The van der Waals surface area contributed by atoms with Crippen molar-refractivity contribution < 1.29 is 9.59 Å². The number of likely N-dealkylation sites (N-methyl/N-ethyl adjacent to an activating group) is 1. The number of rotatable bonds is 2. The second-order valence-corrected chi connectivity index (χ2v) is 6.48. The van der Waals surface area contributed by atoms with Gasteiger partial charge < -0.3 is 10.2 Å². The van der Waals surface area contributed by atoms with Crippen molar-refractivity contribution in [3.63, 3.8) is 0 Å². The van der Waals surface area contributed by atoms with E-state index in [0.29, 0.717) is 6.54 Å². The standard InChI is InChI=1S/C17H23N3O2/c1-12-3-5-13(6-4-12)9-20-8-7-15-14(10-20)17(22)19(2)11-16(21)18-15/h3-6,14-15H,7-11H2,1-2H3,(H,18,21)/t14-,15+/m0/s1. The van der Waals surface area contributed by atoms with Gasteiger partial charge in [-0.15, -0.1) is 0 Å². The molecule has 2 fully saturated rings. The molecule has 5 nitrogen and oxygen atoms in total. The molecule has 0 unspecified atom stereocenters. The molecule has 2 heterocycles. The molecular weight excluding hydrogens is 278 g/mol. The topological polar surface area (TPSA) is 52.7 Å². The van der Waals surface area contributed by atoms with Gasteiger partial charge in [0.2, 0.25) is 11.8 Å². The number of benzene rings is 1. The van der Waals surface area contributed by atoms with Gasteiger partial charge in [-0.05, 0) is 18.9 Å². The molecular formula is C17H23N3O2. The van der Waals surface area contributed by atoms with Crippen LogP contribution in [0.3, 0.4) is 0 Å². The van der Waals surface area contributed by atoms with E-state index in [1.807, 2.05) is 0 Å². The molecule has 0 aromatic heterocycles. The van der Waals surface area contributed by atoms with E-state index in [1.54, 1.807) is 11.9 Å². The first kappa shape index (κ1) is 15.0. The number of likely N-dealkylation sites (tertiary alicyclic amines) is 1. The second-order valence-electron chi connectivity index (χ2n) is 6.48. The van der Waals surface area contributed by atoms with Crippen molar-refractivity contribution in [2.75, 3.05) is 26.7 Å². The van der Waals surface area contributed by atoms with E-state index in [2.05, 4.69) is 41.4 Å². The summed E-state index contributed by atoms with van der Waals surface area (Å²) in [5.41, 5.74) is 2.52. The molecule has 0 saturated carbocycles. The molecule has 22 heavy (non-hydrogen) atoms. The van der Waals surface area contributed by atoms with Crippen LogP contribution >= 0.6 is 0 Å². The second kappa shape index (κ2) is 6.08. The first-order chi connectivity index (χ1) is 10.5. The van der Waals surface area contributed by atoms with E-state index in [9.17, 15) is 9.59 Å². The smallest absolute Gasteiger partial charge is 0.239 e. The lowest BCUT2D eigenvalue weighted by atomic mass is 9.91. The molecule has 118 valence electrons. The van der Waals surface area contributed by atoms with Crippen LogP contribution in [-0.2, 0) is 16.1 Å². The van der Waals surface area contributed by atoms with Crippen LogP contribution in [0.15, 0.2) is 24.3 Å². The third-order valence-corrected chi connectivity index (χ3v) is 4.64. The molecule has 1 N–H and O–H groups in total. The largest absolute Gasteiger partial charge is 0.351 e. The van der Waals surface area contributed by atoms with E-state index < -0.39 is 0 Å². The number of nitrogens with zero attached hydrogens (tertiary/aromatic N) is 2. The van der Waals surface area contributed by atoms with E-state index in [-0.39, 0.29) is 30.3 Å². The van der Waals surface area contributed by atoms with Crippen LogP contribution in [-0.4, -0.2) is 54.3 Å². The molecule has 2 atom stereocenters. The normalized spacial score (nSPS) is 26.4. The zero-order chi connectivity index (χ0) is 15.7. The van der Waals surface area contributed by atoms with E-state index in [1.165, 1.54) is 11.1 Å². The zero-order valence-corrected chi connectivity index (χ0v) is 13.2. The van der Waals surface area contributed by atoms with Crippen molar-refractivity contribution in [1.82, 2.24) is 15.1 Å². The highest BCUT2D eigenvalue weighted by Crippen LogP contribution is 2.23. The van der Waals surface area contributed by atoms with Gasteiger partial charge in [0.15, 0.2) is 0 Å². The number of piperidine rings is 1. The van der Waals surface area contributed by atoms with Crippen molar-refractivity contribution >= 4 is 11.8 Å². The van der Waals surface area contributed by atoms with E-state index in [0.717, 1.165) is 19.5 Å². The maximum absolute atomic E-state index is 12.5. The van der Waals surface area contributed by atoms with Crippen molar-refractivity contribution in [3.05, 3.63) is 35.4 Å². The number of fused-ring (bicyclic) bond motifs is 1. The number of amides is 2. The van der Waals surface area contributed by atoms with Gasteiger partial charge in [0.25, 0.3) is 0 Å². The van der Waals surface area contributed by atoms with Crippen LogP contribution in [0, 0.1) is 12.8 Å². The summed E-state index contributed by atoms with van der Waals surface area (Å²) in [4.78, 5) is 28.1.